The number of methoxy groups -OCH3 is 1. The van der Waals surface area contributed by atoms with Crippen LogP contribution in [0.2, 0.25) is 0 Å². The van der Waals surface area contributed by atoms with E-state index in [9.17, 15) is 0 Å². The topological polar surface area (TPSA) is 41.7 Å². The van der Waals surface area contributed by atoms with E-state index >= 15 is 0 Å². The lowest BCUT2D eigenvalue weighted by Crippen LogP contribution is -2.46. The van der Waals surface area contributed by atoms with Gasteiger partial charge in [-0.2, -0.15) is 0 Å². The van der Waals surface area contributed by atoms with Gasteiger partial charge in [0.05, 0.1) is 0 Å². The summed E-state index contributed by atoms with van der Waals surface area (Å²) in [4.78, 5) is 5.26. The first kappa shape index (κ1) is 14.3. The molecule has 2 saturated heterocycles. The zero-order valence-corrected chi connectivity index (χ0v) is 12.0. The van der Waals surface area contributed by atoms with Gasteiger partial charge in [-0.15, -0.1) is 0 Å². The van der Waals surface area contributed by atoms with Crippen molar-refractivity contribution in [3.05, 3.63) is 0 Å². The molecule has 0 radical (unpaired) electrons. The second-order valence-electron chi connectivity index (χ2n) is 6.14. The van der Waals surface area contributed by atoms with Crippen molar-refractivity contribution in [3.8, 4) is 0 Å². The number of hydrogen-bond donors (Lipinski definition) is 1. The van der Waals surface area contributed by atoms with E-state index in [4.69, 9.17) is 10.5 Å². The molecule has 0 aromatic rings. The minimum Gasteiger partial charge on any atom is -0.384 e. The molecule has 0 aromatic heterocycles. The molecular formula is C14H29N3O. The molecule has 0 saturated carbocycles. The summed E-state index contributed by atoms with van der Waals surface area (Å²) in [5.74, 6) is 0.642. The third-order valence-corrected chi connectivity index (χ3v) is 4.36. The number of rotatable bonds is 5. The van der Waals surface area contributed by atoms with Crippen LogP contribution in [0.3, 0.4) is 0 Å². The van der Waals surface area contributed by atoms with Gasteiger partial charge in [0.2, 0.25) is 0 Å². The molecule has 2 atom stereocenters. The normalized spacial score (nSPS) is 29.8. The Morgan fingerprint density at radius 1 is 1.22 bits per heavy atom. The first-order valence-electron chi connectivity index (χ1n) is 7.40. The molecule has 0 aromatic carbocycles. The van der Waals surface area contributed by atoms with E-state index in [0.717, 1.165) is 12.6 Å². The predicted octanol–water partition coefficient (Wildman–Crippen LogP) is 0.766. The number of likely N-dealkylation sites (tertiary alicyclic amines) is 2. The lowest BCUT2D eigenvalue weighted by molar-refractivity contribution is 0.125. The zero-order valence-electron chi connectivity index (χ0n) is 12.0. The number of hydrogen-bond acceptors (Lipinski definition) is 4. The summed E-state index contributed by atoms with van der Waals surface area (Å²) in [6, 6.07) is 1.22. The van der Waals surface area contributed by atoms with Crippen LogP contribution in [0.15, 0.2) is 0 Å². The summed E-state index contributed by atoms with van der Waals surface area (Å²) < 4.78 is 5.22. The van der Waals surface area contributed by atoms with Gasteiger partial charge in [0.25, 0.3) is 0 Å². The second kappa shape index (κ2) is 6.85. The Bertz CT molecular complexity index is 241. The number of piperidine rings is 1. The third-order valence-electron chi connectivity index (χ3n) is 4.36. The van der Waals surface area contributed by atoms with E-state index in [1.165, 1.54) is 52.0 Å². The quantitative estimate of drug-likeness (QED) is 0.788. The van der Waals surface area contributed by atoms with Crippen molar-refractivity contribution >= 4 is 0 Å². The number of nitrogens with two attached hydrogens (primary N) is 1. The molecule has 2 fully saturated rings. The van der Waals surface area contributed by atoms with Gasteiger partial charge in [0.1, 0.15) is 0 Å². The fourth-order valence-corrected chi connectivity index (χ4v) is 3.34. The SMILES string of the molecule is COCC(C)CN1CCC(N2CCC(N)CC2)C1. The fraction of sp³-hybridized carbons (Fsp3) is 1.00. The summed E-state index contributed by atoms with van der Waals surface area (Å²) >= 11 is 0. The highest BCUT2D eigenvalue weighted by Crippen LogP contribution is 2.20. The van der Waals surface area contributed by atoms with E-state index < -0.39 is 0 Å². The minimum atomic E-state index is 0.445. The summed E-state index contributed by atoms with van der Waals surface area (Å²) in [6.45, 7) is 9.22. The summed E-state index contributed by atoms with van der Waals surface area (Å²) in [5.41, 5.74) is 5.97. The Kier molecular flexibility index (Phi) is 5.42. The highest BCUT2D eigenvalue weighted by Gasteiger charge is 2.30. The maximum atomic E-state index is 5.97. The lowest BCUT2D eigenvalue weighted by atomic mass is 10.0. The molecule has 2 aliphatic heterocycles. The van der Waals surface area contributed by atoms with E-state index in [0.29, 0.717) is 12.0 Å². The van der Waals surface area contributed by atoms with Crippen LogP contribution >= 0.6 is 0 Å². The van der Waals surface area contributed by atoms with Crippen molar-refractivity contribution < 1.29 is 4.74 Å². The zero-order chi connectivity index (χ0) is 13.0. The fourth-order valence-electron chi connectivity index (χ4n) is 3.34. The van der Waals surface area contributed by atoms with E-state index in [1.807, 2.05) is 0 Å². The van der Waals surface area contributed by atoms with Gasteiger partial charge >= 0.3 is 0 Å². The lowest BCUT2D eigenvalue weighted by Gasteiger charge is -2.34. The monoisotopic (exact) mass is 255 g/mol. The summed E-state index contributed by atoms with van der Waals surface area (Å²) in [7, 11) is 1.79. The van der Waals surface area contributed by atoms with Gasteiger partial charge in [-0.3, -0.25) is 4.90 Å². The van der Waals surface area contributed by atoms with Crippen molar-refractivity contribution in [1.29, 1.82) is 0 Å². The van der Waals surface area contributed by atoms with Gasteiger partial charge < -0.3 is 15.4 Å². The first-order valence-corrected chi connectivity index (χ1v) is 7.40. The Labute approximate surface area is 111 Å². The Balaban J connectivity index is 1.71. The summed E-state index contributed by atoms with van der Waals surface area (Å²) in [5, 5.41) is 0. The number of ether oxygens (including phenoxy) is 1. The van der Waals surface area contributed by atoms with Gasteiger partial charge in [0, 0.05) is 38.9 Å². The van der Waals surface area contributed by atoms with Crippen LogP contribution < -0.4 is 5.73 Å². The van der Waals surface area contributed by atoms with E-state index in [2.05, 4.69) is 16.7 Å². The van der Waals surface area contributed by atoms with Crippen LogP contribution in [-0.2, 0) is 4.74 Å². The average molecular weight is 255 g/mol. The van der Waals surface area contributed by atoms with Crippen LogP contribution in [0.5, 0.6) is 0 Å². The van der Waals surface area contributed by atoms with E-state index in [-0.39, 0.29) is 0 Å². The average Bonchev–Trinajstić information content (AvgIpc) is 2.78. The molecule has 18 heavy (non-hydrogen) atoms. The molecular weight excluding hydrogens is 226 g/mol. The largest absolute Gasteiger partial charge is 0.384 e. The maximum absolute atomic E-state index is 5.97. The number of nitrogens with zero attached hydrogens (tertiary/aromatic N) is 2. The predicted molar refractivity (Wildman–Crippen MR) is 74.7 cm³/mol. The van der Waals surface area contributed by atoms with Gasteiger partial charge in [-0.05, 0) is 44.8 Å². The Hall–Kier alpha value is -0.160. The van der Waals surface area contributed by atoms with Crippen molar-refractivity contribution in [2.75, 3.05) is 46.4 Å². The molecule has 2 unspecified atom stereocenters. The van der Waals surface area contributed by atoms with Gasteiger partial charge in [-0.1, -0.05) is 6.92 Å². The smallest absolute Gasteiger partial charge is 0.0500 e. The maximum Gasteiger partial charge on any atom is 0.0500 e. The molecule has 2 N–H and O–H groups in total. The Morgan fingerprint density at radius 3 is 2.61 bits per heavy atom. The molecule has 0 aliphatic carbocycles. The standard InChI is InChI=1S/C14H29N3O/c1-12(11-18-2)9-16-6-5-14(10-16)17-7-3-13(15)4-8-17/h12-14H,3-11,15H2,1-2H3. The molecule has 4 heteroatoms. The van der Waals surface area contributed by atoms with Crippen LogP contribution in [-0.4, -0.2) is 68.3 Å². The van der Waals surface area contributed by atoms with Crippen LogP contribution in [0.4, 0.5) is 0 Å². The molecule has 2 heterocycles. The highest BCUT2D eigenvalue weighted by atomic mass is 16.5. The molecule has 2 rings (SSSR count). The molecule has 0 amide bonds. The third kappa shape index (κ3) is 3.92. The van der Waals surface area contributed by atoms with Gasteiger partial charge in [-0.25, -0.2) is 0 Å². The first-order chi connectivity index (χ1) is 8.69. The van der Waals surface area contributed by atoms with Crippen molar-refractivity contribution in [1.82, 2.24) is 9.80 Å². The van der Waals surface area contributed by atoms with Crippen LogP contribution in [0.1, 0.15) is 26.2 Å². The summed E-state index contributed by atoms with van der Waals surface area (Å²) in [6.07, 6.45) is 3.68. The van der Waals surface area contributed by atoms with Crippen molar-refractivity contribution in [2.24, 2.45) is 11.7 Å². The second-order valence-corrected chi connectivity index (χ2v) is 6.14. The van der Waals surface area contributed by atoms with E-state index in [1.54, 1.807) is 7.11 Å². The molecule has 106 valence electrons. The highest BCUT2D eigenvalue weighted by molar-refractivity contribution is 4.87. The molecule has 4 nitrogen and oxygen atoms in total. The molecule has 0 spiro atoms. The van der Waals surface area contributed by atoms with Crippen LogP contribution in [0, 0.1) is 5.92 Å². The minimum absolute atomic E-state index is 0.445. The molecule has 0 bridgehead atoms. The van der Waals surface area contributed by atoms with Crippen molar-refractivity contribution in [2.45, 2.75) is 38.3 Å². The Morgan fingerprint density at radius 2 is 1.94 bits per heavy atom. The van der Waals surface area contributed by atoms with Crippen LogP contribution in [0.25, 0.3) is 0 Å². The van der Waals surface area contributed by atoms with Crippen molar-refractivity contribution in [3.63, 3.8) is 0 Å². The molecule has 2 aliphatic rings. The van der Waals surface area contributed by atoms with Gasteiger partial charge in [0.15, 0.2) is 0 Å².